The van der Waals surface area contributed by atoms with Crippen molar-refractivity contribution in [2.75, 3.05) is 6.61 Å². The highest BCUT2D eigenvalue weighted by Crippen LogP contribution is 2.53. The molecule has 0 aromatic carbocycles. The van der Waals surface area contributed by atoms with E-state index in [1.165, 1.54) is 6.92 Å². The molecule has 7 heavy (non-hydrogen) atoms. The lowest BCUT2D eigenvalue weighted by molar-refractivity contribution is 0.318. The van der Waals surface area contributed by atoms with Crippen LogP contribution in [-0.2, 0) is 9.09 Å². The zero-order valence-corrected chi connectivity index (χ0v) is 5.38. The second-order valence-electron chi connectivity index (χ2n) is 0.832. The molecule has 0 aromatic heterocycles. The molecule has 0 saturated carbocycles. The summed E-state index contributed by atoms with van der Waals surface area (Å²) in [5, 5.41) is 0. The average Bonchev–Trinajstić information content (AvgIpc) is 1.30. The smallest absolute Gasteiger partial charge is 0.294 e. The van der Waals surface area contributed by atoms with Crippen molar-refractivity contribution < 1.29 is 13.3 Å². The number of rotatable bonds is 2. The van der Waals surface area contributed by atoms with Crippen LogP contribution in [0, 0.1) is 0 Å². The van der Waals surface area contributed by atoms with Gasteiger partial charge in [0.15, 0.2) is 0 Å². The molecular formula is C2H5ClFO2P. The lowest BCUT2D eigenvalue weighted by Crippen LogP contribution is -1.75. The fraction of sp³-hybridized carbons (Fsp3) is 1.00. The van der Waals surface area contributed by atoms with E-state index in [2.05, 4.69) is 15.8 Å². The van der Waals surface area contributed by atoms with E-state index in [4.69, 9.17) is 0 Å². The average molecular weight is 146 g/mol. The van der Waals surface area contributed by atoms with Crippen molar-refractivity contribution in [1.29, 1.82) is 0 Å². The Kier molecular flexibility index (Phi) is 2.81. The van der Waals surface area contributed by atoms with Gasteiger partial charge in [-0.25, -0.2) is 4.57 Å². The Morgan fingerprint density at radius 3 is 2.43 bits per heavy atom. The minimum absolute atomic E-state index is 0.0390. The van der Waals surface area contributed by atoms with Crippen LogP contribution in [0.3, 0.4) is 0 Å². The Morgan fingerprint density at radius 1 is 2.00 bits per heavy atom. The number of halogens is 2. The third-order valence-electron chi connectivity index (χ3n) is 0.279. The van der Waals surface area contributed by atoms with Gasteiger partial charge < -0.3 is 0 Å². The van der Waals surface area contributed by atoms with Gasteiger partial charge in [-0.1, -0.05) is 0 Å². The number of hydrogen-bond donors (Lipinski definition) is 0. The van der Waals surface area contributed by atoms with Crippen molar-refractivity contribution in [2.45, 2.75) is 6.92 Å². The van der Waals surface area contributed by atoms with Crippen molar-refractivity contribution in [2.24, 2.45) is 0 Å². The minimum atomic E-state index is -4.19. The fourth-order valence-electron chi connectivity index (χ4n) is 0.150. The molecule has 0 amide bonds. The van der Waals surface area contributed by atoms with Crippen molar-refractivity contribution in [3.05, 3.63) is 0 Å². The Balaban J connectivity index is 3.36. The highest BCUT2D eigenvalue weighted by atomic mass is 35.7. The van der Waals surface area contributed by atoms with Crippen LogP contribution >= 0.6 is 18.3 Å². The van der Waals surface area contributed by atoms with Gasteiger partial charge in [-0.3, -0.25) is 4.52 Å². The SMILES string of the molecule is CCOP(=O)(F)Cl. The van der Waals surface area contributed by atoms with Crippen molar-refractivity contribution in [3.63, 3.8) is 0 Å². The molecule has 0 radical (unpaired) electrons. The minimum Gasteiger partial charge on any atom is -0.294 e. The van der Waals surface area contributed by atoms with E-state index < -0.39 is 7.03 Å². The summed E-state index contributed by atoms with van der Waals surface area (Å²) in [7, 11) is -4.19. The summed E-state index contributed by atoms with van der Waals surface area (Å²) in [6.07, 6.45) is 0. The summed E-state index contributed by atoms with van der Waals surface area (Å²) in [5.41, 5.74) is 0. The van der Waals surface area contributed by atoms with Gasteiger partial charge in [0.2, 0.25) is 0 Å². The molecule has 0 fully saturated rings. The monoisotopic (exact) mass is 146 g/mol. The van der Waals surface area contributed by atoms with Crippen LogP contribution in [0.2, 0.25) is 0 Å². The van der Waals surface area contributed by atoms with Crippen LogP contribution in [-0.4, -0.2) is 6.61 Å². The first-order valence-electron chi connectivity index (χ1n) is 1.70. The second-order valence-corrected chi connectivity index (χ2v) is 3.13. The van der Waals surface area contributed by atoms with E-state index in [9.17, 15) is 8.76 Å². The van der Waals surface area contributed by atoms with Gasteiger partial charge in [0.25, 0.3) is 0 Å². The van der Waals surface area contributed by atoms with Gasteiger partial charge in [-0.05, 0) is 6.92 Å². The van der Waals surface area contributed by atoms with Gasteiger partial charge in [-0.2, -0.15) is 0 Å². The first-order valence-corrected chi connectivity index (χ1v) is 4.12. The Morgan fingerprint density at radius 2 is 2.43 bits per heavy atom. The van der Waals surface area contributed by atoms with Crippen LogP contribution in [0.4, 0.5) is 4.20 Å². The Bertz CT molecular complexity index is 89.7. The third-order valence-corrected chi connectivity index (χ3v) is 1.13. The van der Waals surface area contributed by atoms with E-state index in [0.717, 1.165) is 0 Å². The van der Waals surface area contributed by atoms with Gasteiger partial charge >= 0.3 is 7.03 Å². The van der Waals surface area contributed by atoms with Crippen molar-refractivity contribution in [3.8, 4) is 0 Å². The topological polar surface area (TPSA) is 26.3 Å². The summed E-state index contributed by atoms with van der Waals surface area (Å²) in [4.78, 5) is 0. The molecule has 0 aromatic rings. The molecule has 0 aliphatic rings. The van der Waals surface area contributed by atoms with E-state index >= 15 is 0 Å². The van der Waals surface area contributed by atoms with E-state index in [0.29, 0.717) is 0 Å². The number of hydrogen-bond acceptors (Lipinski definition) is 2. The lowest BCUT2D eigenvalue weighted by atomic mass is 10.9. The highest BCUT2D eigenvalue weighted by molar-refractivity contribution is 7.81. The van der Waals surface area contributed by atoms with E-state index in [1.807, 2.05) is 0 Å². The normalized spacial score (nSPS) is 18.7. The fourth-order valence-corrected chi connectivity index (χ4v) is 0.744. The molecule has 0 bridgehead atoms. The van der Waals surface area contributed by atoms with Gasteiger partial charge in [0, 0.05) is 11.2 Å². The third kappa shape index (κ3) is 6.41. The molecule has 0 aliphatic carbocycles. The zero-order chi connectivity index (χ0) is 5.91. The molecule has 1 atom stereocenters. The lowest BCUT2D eigenvalue weighted by Gasteiger charge is -1.94. The molecule has 0 saturated heterocycles. The van der Waals surface area contributed by atoms with Gasteiger partial charge in [0.05, 0.1) is 6.61 Å². The van der Waals surface area contributed by atoms with Crippen molar-refractivity contribution >= 4 is 18.3 Å². The summed E-state index contributed by atoms with van der Waals surface area (Å²) in [6.45, 7) is 1.55. The predicted molar refractivity (Wildman–Crippen MR) is 26.2 cm³/mol. The van der Waals surface area contributed by atoms with Crippen LogP contribution in [0.5, 0.6) is 0 Å². The first kappa shape index (κ1) is 7.41. The molecule has 44 valence electrons. The molecular weight excluding hydrogens is 141 g/mol. The van der Waals surface area contributed by atoms with Gasteiger partial charge in [0.1, 0.15) is 0 Å². The second kappa shape index (κ2) is 2.65. The van der Waals surface area contributed by atoms with Crippen LogP contribution in [0.1, 0.15) is 6.92 Å². The maximum absolute atomic E-state index is 11.5. The van der Waals surface area contributed by atoms with Crippen LogP contribution in [0.15, 0.2) is 0 Å². The molecule has 1 unspecified atom stereocenters. The van der Waals surface area contributed by atoms with Crippen LogP contribution < -0.4 is 0 Å². The highest BCUT2D eigenvalue weighted by Gasteiger charge is 2.14. The van der Waals surface area contributed by atoms with Gasteiger partial charge in [-0.15, -0.1) is 4.20 Å². The molecule has 0 spiro atoms. The largest absolute Gasteiger partial charge is 0.461 e. The van der Waals surface area contributed by atoms with Crippen molar-refractivity contribution in [1.82, 2.24) is 0 Å². The summed E-state index contributed by atoms with van der Waals surface area (Å²) in [5.74, 6) is 0. The molecule has 0 aliphatic heterocycles. The van der Waals surface area contributed by atoms with E-state index in [1.54, 1.807) is 0 Å². The summed E-state index contributed by atoms with van der Waals surface area (Å²) in [6, 6.07) is 0. The maximum atomic E-state index is 11.5. The van der Waals surface area contributed by atoms with Crippen LogP contribution in [0.25, 0.3) is 0 Å². The molecule has 5 heteroatoms. The molecule has 2 nitrogen and oxygen atoms in total. The molecule has 0 heterocycles. The maximum Gasteiger partial charge on any atom is 0.461 e. The molecule has 0 N–H and O–H groups in total. The Labute approximate surface area is 46.0 Å². The summed E-state index contributed by atoms with van der Waals surface area (Å²) >= 11 is 4.50. The predicted octanol–water partition coefficient (Wildman–Crippen LogP) is 2.34. The Hall–Kier alpha value is 0.410. The van der Waals surface area contributed by atoms with E-state index in [-0.39, 0.29) is 6.61 Å². The first-order chi connectivity index (χ1) is 3.06. The quantitative estimate of drug-likeness (QED) is 0.559. The summed E-state index contributed by atoms with van der Waals surface area (Å²) < 4.78 is 25.1. The standard InChI is InChI=1S/C2H5ClFO2P/c1-2-6-7(3,4)5/h2H2,1H3. The zero-order valence-electron chi connectivity index (χ0n) is 3.73. The molecule has 0 rings (SSSR count).